The minimum Gasteiger partial charge on any atom is -0.328 e. The molecule has 4 heteroatoms. The highest BCUT2D eigenvalue weighted by atomic mass is 19.1. The lowest BCUT2D eigenvalue weighted by molar-refractivity contribution is -0.121. The third kappa shape index (κ3) is 4.99. The normalized spacial score (nSPS) is 13.9. The van der Waals surface area contributed by atoms with E-state index in [1.807, 2.05) is 13.8 Å². The molecule has 1 aromatic rings. The lowest BCUT2D eigenvalue weighted by atomic mass is 10.0. The standard InChI is InChI=1S/C15H23FN2O/c1-11(6-4-7-12(2)17)15(19)18(3)14-9-5-8-13(16)10-14/h5,8-12H,4,6-7,17H2,1-3H3. The van der Waals surface area contributed by atoms with Crippen molar-refractivity contribution < 1.29 is 9.18 Å². The summed E-state index contributed by atoms with van der Waals surface area (Å²) in [5.74, 6) is -0.399. The topological polar surface area (TPSA) is 46.3 Å². The number of carbonyl (C=O) groups excluding carboxylic acids is 1. The molecule has 106 valence electrons. The fourth-order valence-corrected chi connectivity index (χ4v) is 2.01. The number of nitrogens with two attached hydrogens (primary N) is 1. The number of hydrogen-bond donors (Lipinski definition) is 1. The maximum absolute atomic E-state index is 13.1. The van der Waals surface area contributed by atoms with Crippen molar-refractivity contribution >= 4 is 11.6 Å². The van der Waals surface area contributed by atoms with Crippen LogP contribution in [0.1, 0.15) is 33.1 Å². The Hall–Kier alpha value is -1.42. The monoisotopic (exact) mass is 266 g/mol. The van der Waals surface area contributed by atoms with Crippen molar-refractivity contribution in [3.8, 4) is 0 Å². The smallest absolute Gasteiger partial charge is 0.229 e. The summed E-state index contributed by atoms with van der Waals surface area (Å²) in [6.07, 6.45) is 2.66. The maximum atomic E-state index is 13.1. The second kappa shape index (κ2) is 7.24. The molecule has 0 aliphatic heterocycles. The van der Waals surface area contributed by atoms with Gasteiger partial charge in [-0.3, -0.25) is 4.79 Å². The van der Waals surface area contributed by atoms with Gasteiger partial charge >= 0.3 is 0 Å². The Morgan fingerprint density at radius 2 is 2.05 bits per heavy atom. The third-order valence-electron chi connectivity index (χ3n) is 3.24. The second-order valence-electron chi connectivity index (χ2n) is 5.19. The lowest BCUT2D eigenvalue weighted by Gasteiger charge is -2.21. The average Bonchev–Trinajstić information content (AvgIpc) is 2.36. The predicted octanol–water partition coefficient (Wildman–Crippen LogP) is 2.94. The highest BCUT2D eigenvalue weighted by Crippen LogP contribution is 2.18. The molecule has 2 unspecified atom stereocenters. The molecule has 0 saturated heterocycles. The number of hydrogen-bond acceptors (Lipinski definition) is 2. The zero-order valence-electron chi connectivity index (χ0n) is 11.9. The van der Waals surface area contributed by atoms with Gasteiger partial charge in [0.2, 0.25) is 5.91 Å². The van der Waals surface area contributed by atoms with Gasteiger partial charge in [-0.25, -0.2) is 4.39 Å². The molecule has 1 rings (SSSR count). The van der Waals surface area contributed by atoms with Crippen LogP contribution in [0, 0.1) is 11.7 Å². The van der Waals surface area contributed by atoms with Gasteiger partial charge in [-0.05, 0) is 38.0 Å². The van der Waals surface area contributed by atoms with Crippen LogP contribution in [0.3, 0.4) is 0 Å². The number of anilines is 1. The van der Waals surface area contributed by atoms with Gasteiger partial charge in [0.1, 0.15) is 5.82 Å². The van der Waals surface area contributed by atoms with E-state index in [1.165, 1.54) is 17.0 Å². The zero-order valence-corrected chi connectivity index (χ0v) is 11.9. The van der Waals surface area contributed by atoms with Crippen molar-refractivity contribution in [2.75, 3.05) is 11.9 Å². The van der Waals surface area contributed by atoms with Gasteiger partial charge in [-0.1, -0.05) is 19.4 Å². The van der Waals surface area contributed by atoms with E-state index >= 15 is 0 Å². The second-order valence-corrected chi connectivity index (χ2v) is 5.19. The molecule has 0 aliphatic rings. The first-order valence-corrected chi connectivity index (χ1v) is 6.70. The molecule has 0 aromatic heterocycles. The molecule has 19 heavy (non-hydrogen) atoms. The van der Waals surface area contributed by atoms with E-state index in [0.717, 1.165) is 19.3 Å². The van der Waals surface area contributed by atoms with Crippen molar-refractivity contribution in [3.05, 3.63) is 30.1 Å². The van der Waals surface area contributed by atoms with Crippen molar-refractivity contribution in [2.45, 2.75) is 39.2 Å². The lowest BCUT2D eigenvalue weighted by Crippen LogP contribution is -2.31. The molecule has 0 saturated carbocycles. The van der Waals surface area contributed by atoms with Crippen molar-refractivity contribution in [1.82, 2.24) is 0 Å². The third-order valence-corrected chi connectivity index (χ3v) is 3.24. The first-order chi connectivity index (χ1) is 8.91. The SMILES string of the molecule is CC(N)CCCC(C)C(=O)N(C)c1cccc(F)c1. The van der Waals surface area contributed by atoms with E-state index in [9.17, 15) is 9.18 Å². The van der Waals surface area contributed by atoms with Crippen LogP contribution < -0.4 is 10.6 Å². The molecule has 2 N–H and O–H groups in total. The Kier molecular flexibility index (Phi) is 5.96. The fourth-order valence-electron chi connectivity index (χ4n) is 2.01. The summed E-state index contributed by atoms with van der Waals surface area (Å²) >= 11 is 0. The molecule has 0 bridgehead atoms. The van der Waals surface area contributed by atoms with Crippen LogP contribution >= 0.6 is 0 Å². The molecule has 1 aromatic carbocycles. The number of nitrogens with zero attached hydrogens (tertiary/aromatic N) is 1. The minimum absolute atomic E-state index is 0.00951. The molecule has 0 radical (unpaired) electrons. The van der Waals surface area contributed by atoms with Gasteiger partial charge in [-0.2, -0.15) is 0 Å². The Bertz CT molecular complexity index is 420. The largest absolute Gasteiger partial charge is 0.328 e. The summed E-state index contributed by atoms with van der Waals surface area (Å²) in [7, 11) is 1.68. The Morgan fingerprint density at radius 1 is 1.37 bits per heavy atom. The maximum Gasteiger partial charge on any atom is 0.229 e. The summed E-state index contributed by atoms with van der Waals surface area (Å²) in [4.78, 5) is 13.7. The summed E-state index contributed by atoms with van der Waals surface area (Å²) < 4.78 is 13.1. The summed E-state index contributed by atoms with van der Waals surface area (Å²) in [6.45, 7) is 3.87. The Balaban J connectivity index is 2.56. The summed E-state index contributed by atoms with van der Waals surface area (Å²) in [6, 6.07) is 6.24. The predicted molar refractivity (Wildman–Crippen MR) is 76.5 cm³/mol. The van der Waals surface area contributed by atoms with Gasteiger partial charge in [0, 0.05) is 24.7 Å². The van der Waals surface area contributed by atoms with Crippen molar-refractivity contribution in [1.29, 1.82) is 0 Å². The van der Waals surface area contributed by atoms with Gasteiger partial charge in [-0.15, -0.1) is 0 Å². The molecule has 0 fully saturated rings. The number of carbonyl (C=O) groups is 1. The van der Waals surface area contributed by atoms with Crippen LogP contribution in [0.25, 0.3) is 0 Å². The van der Waals surface area contributed by atoms with Gasteiger partial charge in [0.25, 0.3) is 0 Å². The Labute approximate surface area is 114 Å². The van der Waals surface area contributed by atoms with Crippen molar-refractivity contribution in [3.63, 3.8) is 0 Å². The molecule has 1 amide bonds. The van der Waals surface area contributed by atoms with E-state index in [1.54, 1.807) is 19.2 Å². The van der Waals surface area contributed by atoms with Crippen molar-refractivity contribution in [2.24, 2.45) is 11.7 Å². The van der Waals surface area contributed by atoms with Crippen LogP contribution in [0.4, 0.5) is 10.1 Å². The quantitative estimate of drug-likeness (QED) is 0.860. The van der Waals surface area contributed by atoms with E-state index < -0.39 is 0 Å². The van der Waals surface area contributed by atoms with E-state index in [0.29, 0.717) is 5.69 Å². The van der Waals surface area contributed by atoms with E-state index in [-0.39, 0.29) is 23.7 Å². The molecule has 0 heterocycles. The number of rotatable bonds is 6. The number of amides is 1. The fraction of sp³-hybridized carbons (Fsp3) is 0.533. The molecule has 2 atom stereocenters. The first-order valence-electron chi connectivity index (χ1n) is 6.70. The highest BCUT2D eigenvalue weighted by molar-refractivity contribution is 5.94. The first kappa shape index (κ1) is 15.6. The van der Waals surface area contributed by atoms with Gasteiger partial charge in [0.15, 0.2) is 0 Å². The van der Waals surface area contributed by atoms with Gasteiger partial charge < -0.3 is 10.6 Å². The van der Waals surface area contributed by atoms with Crippen LogP contribution in [0.5, 0.6) is 0 Å². The van der Waals surface area contributed by atoms with E-state index in [4.69, 9.17) is 5.73 Å². The van der Waals surface area contributed by atoms with Crippen LogP contribution in [-0.4, -0.2) is 19.0 Å². The summed E-state index contributed by atoms with van der Waals surface area (Å²) in [5.41, 5.74) is 6.27. The molecule has 0 spiro atoms. The van der Waals surface area contributed by atoms with Crippen LogP contribution in [0.2, 0.25) is 0 Å². The number of benzene rings is 1. The van der Waals surface area contributed by atoms with Crippen LogP contribution in [-0.2, 0) is 4.79 Å². The molecular weight excluding hydrogens is 243 g/mol. The molecule has 0 aliphatic carbocycles. The van der Waals surface area contributed by atoms with E-state index in [2.05, 4.69) is 0 Å². The minimum atomic E-state index is -0.332. The van der Waals surface area contributed by atoms with Crippen LogP contribution in [0.15, 0.2) is 24.3 Å². The number of halogens is 1. The Morgan fingerprint density at radius 3 is 2.63 bits per heavy atom. The average molecular weight is 266 g/mol. The zero-order chi connectivity index (χ0) is 14.4. The molecule has 3 nitrogen and oxygen atoms in total. The summed E-state index contributed by atoms with van der Waals surface area (Å²) in [5, 5.41) is 0. The molecular formula is C15H23FN2O. The highest BCUT2D eigenvalue weighted by Gasteiger charge is 2.18. The van der Waals surface area contributed by atoms with Gasteiger partial charge in [0.05, 0.1) is 0 Å².